The van der Waals surface area contributed by atoms with Crippen LogP contribution >= 0.6 is 0 Å². The van der Waals surface area contributed by atoms with Crippen LogP contribution in [0.2, 0.25) is 0 Å². The van der Waals surface area contributed by atoms with E-state index < -0.39 is 18.3 Å². The van der Waals surface area contributed by atoms with E-state index in [4.69, 9.17) is 14.2 Å². The molecule has 0 amide bonds. The second kappa shape index (κ2) is 5.35. The molecule has 3 heterocycles. The van der Waals surface area contributed by atoms with E-state index in [2.05, 4.69) is 13.8 Å². The Morgan fingerprint density at radius 2 is 2.22 bits per heavy atom. The first kappa shape index (κ1) is 15.2. The average molecular weight is 320 g/mol. The molecule has 5 nitrogen and oxygen atoms in total. The second-order valence-electron chi connectivity index (χ2n) is 7.96. The number of carbonyl (C=O) groups excluding carboxylic acids is 1. The average Bonchev–Trinajstić information content (AvgIpc) is 3.08. The number of ether oxygens (including phenoxy) is 3. The van der Waals surface area contributed by atoms with Gasteiger partial charge in [0, 0.05) is 0 Å². The van der Waals surface area contributed by atoms with Crippen LogP contribution in [0.1, 0.15) is 39.5 Å². The fourth-order valence-corrected chi connectivity index (χ4v) is 4.54. The standard InChI is InChI=1S/C18H24O5/c1-18(2)6-3-4-10(9-18)8-12(19)14-13-11-5-7-21-16(11)23-17(13)22-15(14)20/h5,7-8,11-14,16-17,19H,3-4,6,9H2,1-2H3/b10-8+/t11-,12-,13-,14-,16+,17-/m1/s1. The van der Waals surface area contributed by atoms with E-state index in [-0.39, 0.29) is 29.5 Å². The fraction of sp³-hybridized carbons (Fsp3) is 0.722. The lowest BCUT2D eigenvalue weighted by molar-refractivity contribution is -0.189. The number of aliphatic hydroxyl groups excluding tert-OH is 1. The topological polar surface area (TPSA) is 65.0 Å². The molecule has 23 heavy (non-hydrogen) atoms. The molecule has 6 atom stereocenters. The van der Waals surface area contributed by atoms with Gasteiger partial charge in [0.2, 0.25) is 12.6 Å². The van der Waals surface area contributed by atoms with Gasteiger partial charge in [-0.15, -0.1) is 0 Å². The third kappa shape index (κ3) is 2.60. The van der Waals surface area contributed by atoms with E-state index >= 15 is 0 Å². The van der Waals surface area contributed by atoms with E-state index in [1.165, 1.54) is 12.0 Å². The Bertz CT molecular complexity index is 564. The summed E-state index contributed by atoms with van der Waals surface area (Å²) in [5.41, 5.74) is 1.52. The third-order valence-electron chi connectivity index (χ3n) is 5.61. The Kier molecular flexibility index (Phi) is 3.54. The predicted octanol–water partition coefficient (Wildman–Crippen LogP) is 2.51. The summed E-state index contributed by atoms with van der Waals surface area (Å²) >= 11 is 0. The summed E-state index contributed by atoms with van der Waals surface area (Å²) in [4.78, 5) is 12.2. The van der Waals surface area contributed by atoms with Crippen LogP contribution in [0.4, 0.5) is 0 Å². The van der Waals surface area contributed by atoms with E-state index in [1.54, 1.807) is 6.26 Å². The number of esters is 1. The minimum Gasteiger partial charge on any atom is -0.472 e. The Labute approximate surface area is 136 Å². The number of hydrogen-bond donors (Lipinski definition) is 1. The molecule has 4 rings (SSSR count). The molecule has 0 bridgehead atoms. The first-order chi connectivity index (χ1) is 10.9. The van der Waals surface area contributed by atoms with Gasteiger partial charge in [-0.05, 0) is 37.2 Å². The summed E-state index contributed by atoms with van der Waals surface area (Å²) in [6.07, 6.45) is 7.94. The van der Waals surface area contributed by atoms with Gasteiger partial charge in [0.15, 0.2) is 0 Å². The first-order valence-corrected chi connectivity index (χ1v) is 8.50. The van der Waals surface area contributed by atoms with Gasteiger partial charge in [-0.2, -0.15) is 0 Å². The minimum absolute atomic E-state index is 0.0210. The van der Waals surface area contributed by atoms with Gasteiger partial charge in [-0.25, -0.2) is 0 Å². The number of fused-ring (bicyclic) bond motifs is 3. The van der Waals surface area contributed by atoms with Gasteiger partial charge in [0.05, 0.1) is 30.1 Å². The smallest absolute Gasteiger partial charge is 0.314 e. The van der Waals surface area contributed by atoms with Crippen LogP contribution in [-0.4, -0.2) is 29.8 Å². The number of rotatable bonds is 2. The molecule has 3 aliphatic heterocycles. The summed E-state index contributed by atoms with van der Waals surface area (Å²) in [6.45, 7) is 4.50. The monoisotopic (exact) mass is 320 g/mol. The van der Waals surface area contributed by atoms with Gasteiger partial charge in [0.25, 0.3) is 0 Å². The predicted molar refractivity (Wildman–Crippen MR) is 81.8 cm³/mol. The molecule has 5 heteroatoms. The molecule has 4 aliphatic rings. The fourth-order valence-electron chi connectivity index (χ4n) is 4.54. The van der Waals surface area contributed by atoms with Gasteiger partial charge in [-0.3, -0.25) is 4.79 Å². The molecule has 3 fully saturated rings. The lowest BCUT2D eigenvalue weighted by atomic mass is 9.74. The van der Waals surface area contributed by atoms with Crippen molar-refractivity contribution < 1.29 is 24.1 Å². The van der Waals surface area contributed by atoms with E-state index in [1.807, 2.05) is 12.2 Å². The lowest BCUT2D eigenvalue weighted by Gasteiger charge is -2.32. The SMILES string of the molecule is CC1(C)CCC/C(=C\[C@@H](O)[C@H]2C(=O)O[C@@H]3O[C@@H]4OC=C[C@@H]4[C@@H]32)C1. The van der Waals surface area contributed by atoms with Crippen LogP contribution in [0.25, 0.3) is 0 Å². The van der Waals surface area contributed by atoms with Crippen molar-refractivity contribution in [1.82, 2.24) is 0 Å². The molecule has 126 valence electrons. The highest BCUT2D eigenvalue weighted by Crippen LogP contribution is 2.48. The minimum atomic E-state index is -0.822. The molecular weight excluding hydrogens is 296 g/mol. The molecule has 0 aromatic heterocycles. The van der Waals surface area contributed by atoms with E-state index in [9.17, 15) is 9.90 Å². The Morgan fingerprint density at radius 3 is 3.00 bits per heavy atom. The van der Waals surface area contributed by atoms with Gasteiger partial charge in [0.1, 0.15) is 0 Å². The van der Waals surface area contributed by atoms with Crippen molar-refractivity contribution in [2.45, 2.75) is 58.2 Å². The van der Waals surface area contributed by atoms with Crippen molar-refractivity contribution in [3.8, 4) is 0 Å². The maximum Gasteiger partial charge on any atom is 0.314 e. The molecule has 0 aromatic rings. The van der Waals surface area contributed by atoms with E-state index in [0.29, 0.717) is 0 Å². The summed E-state index contributed by atoms with van der Waals surface area (Å²) in [5, 5.41) is 10.7. The normalized spacial score (nSPS) is 43.9. The van der Waals surface area contributed by atoms with Crippen molar-refractivity contribution in [3.05, 3.63) is 24.0 Å². The summed E-state index contributed by atoms with van der Waals surface area (Å²) in [7, 11) is 0. The van der Waals surface area contributed by atoms with Crippen molar-refractivity contribution in [2.24, 2.45) is 23.2 Å². The molecule has 1 aliphatic carbocycles. The maximum atomic E-state index is 12.2. The van der Waals surface area contributed by atoms with Crippen LogP contribution in [0.3, 0.4) is 0 Å². The summed E-state index contributed by atoms with van der Waals surface area (Å²) in [5.74, 6) is -1.13. The zero-order valence-corrected chi connectivity index (χ0v) is 13.6. The molecule has 0 radical (unpaired) electrons. The number of hydrogen-bond acceptors (Lipinski definition) is 5. The Hall–Kier alpha value is -1.33. The zero-order chi connectivity index (χ0) is 16.2. The van der Waals surface area contributed by atoms with Crippen LogP contribution in [-0.2, 0) is 19.0 Å². The molecule has 1 N–H and O–H groups in total. The molecule has 2 saturated heterocycles. The van der Waals surface area contributed by atoms with Gasteiger partial charge < -0.3 is 19.3 Å². The van der Waals surface area contributed by atoms with E-state index in [0.717, 1.165) is 19.3 Å². The number of aliphatic hydroxyl groups is 1. The Balaban J connectivity index is 1.54. The Morgan fingerprint density at radius 1 is 1.39 bits per heavy atom. The number of carbonyl (C=O) groups is 1. The maximum absolute atomic E-state index is 12.2. The van der Waals surface area contributed by atoms with Crippen LogP contribution in [0.15, 0.2) is 24.0 Å². The second-order valence-corrected chi connectivity index (χ2v) is 7.96. The largest absolute Gasteiger partial charge is 0.472 e. The highest BCUT2D eigenvalue weighted by atomic mass is 16.8. The summed E-state index contributed by atoms with van der Waals surface area (Å²) < 4.78 is 16.3. The zero-order valence-electron chi connectivity index (χ0n) is 13.6. The molecule has 0 aromatic carbocycles. The molecular formula is C18H24O5. The van der Waals surface area contributed by atoms with Gasteiger partial charge >= 0.3 is 5.97 Å². The van der Waals surface area contributed by atoms with Crippen molar-refractivity contribution >= 4 is 5.97 Å². The van der Waals surface area contributed by atoms with Crippen molar-refractivity contribution in [3.63, 3.8) is 0 Å². The van der Waals surface area contributed by atoms with Crippen LogP contribution < -0.4 is 0 Å². The first-order valence-electron chi connectivity index (χ1n) is 8.50. The molecule has 1 saturated carbocycles. The number of allylic oxidation sites excluding steroid dienone is 1. The third-order valence-corrected chi connectivity index (χ3v) is 5.61. The summed E-state index contributed by atoms with van der Waals surface area (Å²) in [6, 6.07) is 0. The van der Waals surface area contributed by atoms with Crippen molar-refractivity contribution in [1.29, 1.82) is 0 Å². The quantitative estimate of drug-likeness (QED) is 0.625. The van der Waals surface area contributed by atoms with Crippen LogP contribution in [0, 0.1) is 23.2 Å². The lowest BCUT2D eigenvalue weighted by Crippen LogP contribution is -2.33. The van der Waals surface area contributed by atoms with Gasteiger partial charge in [-0.1, -0.05) is 25.5 Å². The van der Waals surface area contributed by atoms with Crippen molar-refractivity contribution in [2.75, 3.05) is 0 Å². The highest BCUT2D eigenvalue weighted by Gasteiger charge is 2.60. The molecule has 0 unspecified atom stereocenters. The highest BCUT2D eigenvalue weighted by molar-refractivity contribution is 5.76. The van der Waals surface area contributed by atoms with Crippen LogP contribution in [0.5, 0.6) is 0 Å². The molecule has 0 spiro atoms.